The Hall–Kier alpha value is -4.08. The lowest BCUT2D eigenvalue weighted by Gasteiger charge is -2.26. The molecule has 164 valence electrons. The molecule has 0 fully saturated rings. The van der Waals surface area contributed by atoms with E-state index in [1.54, 1.807) is 47.3 Å². The van der Waals surface area contributed by atoms with E-state index in [0.29, 0.717) is 22.8 Å². The largest absolute Gasteiger partial charge is 0.452 e. The van der Waals surface area contributed by atoms with Gasteiger partial charge in [-0.3, -0.25) is 9.69 Å². The second kappa shape index (κ2) is 8.22. The minimum atomic E-state index is -4.54. The lowest BCUT2D eigenvalue weighted by atomic mass is 10.1. The lowest BCUT2D eigenvalue weighted by molar-refractivity contribution is -0.137. The first-order valence-corrected chi connectivity index (χ1v) is 9.47. The number of nitrogens with zero attached hydrogens (tertiary/aromatic N) is 3. The normalized spacial score (nSPS) is 13.2. The fourth-order valence-electron chi connectivity index (χ4n) is 3.36. The van der Waals surface area contributed by atoms with E-state index in [4.69, 9.17) is 4.74 Å². The minimum Gasteiger partial charge on any atom is -0.452 e. The van der Waals surface area contributed by atoms with E-state index in [1.165, 1.54) is 24.1 Å². The van der Waals surface area contributed by atoms with Crippen LogP contribution in [0.1, 0.15) is 21.5 Å². The highest BCUT2D eigenvalue weighted by atomic mass is 19.4. The van der Waals surface area contributed by atoms with Gasteiger partial charge in [-0.2, -0.15) is 18.3 Å². The van der Waals surface area contributed by atoms with E-state index in [1.807, 2.05) is 0 Å². The number of amides is 2. The quantitative estimate of drug-likeness (QED) is 0.642. The first-order chi connectivity index (χ1) is 15.3. The predicted octanol–water partition coefficient (Wildman–Crippen LogP) is 4.63. The molecular formula is C22H17F3N4O3. The zero-order valence-corrected chi connectivity index (χ0v) is 16.8. The Balaban J connectivity index is 1.58. The smallest absolute Gasteiger partial charge is 0.416 e. The van der Waals surface area contributed by atoms with Crippen LogP contribution in [0.5, 0.6) is 0 Å². The summed E-state index contributed by atoms with van der Waals surface area (Å²) < 4.78 is 45.2. The average molecular weight is 442 g/mol. The van der Waals surface area contributed by atoms with Gasteiger partial charge in [-0.25, -0.2) is 9.48 Å². The SMILES string of the molecule is COC(=O)N1CC=C(c2cccc(NC(=O)c3cccc(C(F)(F)F)c3)c2)n2nccc21. The first-order valence-electron chi connectivity index (χ1n) is 9.47. The van der Waals surface area contributed by atoms with Crippen LogP contribution in [0.15, 0.2) is 66.9 Å². The zero-order chi connectivity index (χ0) is 22.9. The summed E-state index contributed by atoms with van der Waals surface area (Å²) in [7, 11) is 1.29. The second-order valence-corrected chi connectivity index (χ2v) is 6.88. The van der Waals surface area contributed by atoms with Crippen molar-refractivity contribution in [3.8, 4) is 0 Å². The Bertz CT molecular complexity index is 1220. The summed E-state index contributed by atoms with van der Waals surface area (Å²) in [6.45, 7) is 0.258. The van der Waals surface area contributed by atoms with Crippen molar-refractivity contribution in [2.45, 2.75) is 6.18 Å². The number of benzene rings is 2. The van der Waals surface area contributed by atoms with Crippen LogP contribution in [-0.2, 0) is 10.9 Å². The topological polar surface area (TPSA) is 76.5 Å². The van der Waals surface area contributed by atoms with Crippen molar-refractivity contribution in [1.82, 2.24) is 9.78 Å². The van der Waals surface area contributed by atoms with Gasteiger partial charge in [0, 0.05) is 22.9 Å². The molecule has 2 aromatic carbocycles. The highest BCUT2D eigenvalue weighted by Crippen LogP contribution is 2.31. The van der Waals surface area contributed by atoms with Crippen molar-refractivity contribution >= 4 is 29.2 Å². The Morgan fingerprint density at radius 2 is 1.88 bits per heavy atom. The maximum atomic E-state index is 12.9. The molecule has 10 heteroatoms. The number of methoxy groups -OCH3 is 1. The molecule has 0 spiro atoms. The third kappa shape index (κ3) is 4.07. The third-order valence-electron chi connectivity index (χ3n) is 4.86. The van der Waals surface area contributed by atoms with Gasteiger partial charge >= 0.3 is 12.3 Å². The van der Waals surface area contributed by atoms with Crippen molar-refractivity contribution < 1.29 is 27.5 Å². The molecule has 1 aromatic heterocycles. The number of hydrogen-bond donors (Lipinski definition) is 1. The summed E-state index contributed by atoms with van der Waals surface area (Å²) >= 11 is 0. The summed E-state index contributed by atoms with van der Waals surface area (Å²) in [6, 6.07) is 12.7. The van der Waals surface area contributed by atoms with Crippen molar-refractivity contribution in [3.05, 3.63) is 83.6 Å². The van der Waals surface area contributed by atoms with Crippen molar-refractivity contribution in [3.63, 3.8) is 0 Å². The molecule has 0 saturated heterocycles. The van der Waals surface area contributed by atoms with Crippen molar-refractivity contribution in [2.24, 2.45) is 0 Å². The number of nitrogens with one attached hydrogen (secondary N) is 1. The number of anilines is 2. The fraction of sp³-hybridized carbons (Fsp3) is 0.136. The van der Waals surface area contributed by atoms with Crippen LogP contribution in [-0.4, -0.2) is 35.4 Å². The van der Waals surface area contributed by atoms with Crippen molar-refractivity contribution in [1.29, 1.82) is 0 Å². The van der Waals surface area contributed by atoms with Crippen LogP contribution in [0.4, 0.5) is 29.5 Å². The molecule has 0 bridgehead atoms. The molecule has 32 heavy (non-hydrogen) atoms. The van der Waals surface area contributed by atoms with Gasteiger partial charge in [0.25, 0.3) is 5.91 Å². The van der Waals surface area contributed by atoms with E-state index < -0.39 is 23.7 Å². The molecule has 0 saturated carbocycles. The molecule has 0 aliphatic carbocycles. The van der Waals surface area contributed by atoms with E-state index in [9.17, 15) is 22.8 Å². The zero-order valence-electron chi connectivity index (χ0n) is 16.8. The summed E-state index contributed by atoms with van der Waals surface area (Å²) in [5.41, 5.74) is 0.773. The predicted molar refractivity (Wildman–Crippen MR) is 111 cm³/mol. The summed E-state index contributed by atoms with van der Waals surface area (Å²) in [4.78, 5) is 25.9. The number of carbonyl (C=O) groups excluding carboxylic acids is 2. The number of halogens is 3. The van der Waals surface area contributed by atoms with Crippen LogP contribution < -0.4 is 10.2 Å². The number of fused-ring (bicyclic) bond motifs is 1. The van der Waals surface area contributed by atoms with Gasteiger partial charge < -0.3 is 10.1 Å². The van der Waals surface area contributed by atoms with Crippen molar-refractivity contribution in [2.75, 3.05) is 23.9 Å². The van der Waals surface area contributed by atoms with Gasteiger partial charge in [0.1, 0.15) is 5.82 Å². The number of rotatable bonds is 3. The molecule has 0 atom stereocenters. The molecule has 1 aliphatic heterocycles. The molecule has 0 radical (unpaired) electrons. The summed E-state index contributed by atoms with van der Waals surface area (Å²) in [6.07, 6.45) is -1.73. The average Bonchev–Trinajstić information content (AvgIpc) is 3.27. The number of hydrogen-bond acceptors (Lipinski definition) is 4. The van der Waals surface area contributed by atoms with Crippen LogP contribution in [0.2, 0.25) is 0 Å². The first kappa shape index (κ1) is 21.2. The number of aromatic nitrogens is 2. The highest BCUT2D eigenvalue weighted by Gasteiger charge is 2.31. The van der Waals surface area contributed by atoms with E-state index in [2.05, 4.69) is 10.4 Å². The third-order valence-corrected chi connectivity index (χ3v) is 4.86. The molecule has 4 rings (SSSR count). The van der Waals surface area contributed by atoms with Gasteiger partial charge in [0.2, 0.25) is 0 Å². The van der Waals surface area contributed by atoms with Gasteiger partial charge in [-0.05, 0) is 36.4 Å². The Morgan fingerprint density at radius 3 is 2.62 bits per heavy atom. The fourth-order valence-corrected chi connectivity index (χ4v) is 3.36. The van der Waals surface area contributed by atoms with Crippen LogP contribution in [0.3, 0.4) is 0 Å². The lowest BCUT2D eigenvalue weighted by Crippen LogP contribution is -2.35. The van der Waals surface area contributed by atoms with Gasteiger partial charge in [0.05, 0.1) is 31.1 Å². The van der Waals surface area contributed by atoms with Gasteiger partial charge in [-0.15, -0.1) is 0 Å². The summed E-state index contributed by atoms with van der Waals surface area (Å²) in [5, 5.41) is 6.88. The number of ether oxygens (including phenoxy) is 1. The van der Waals surface area contributed by atoms with Crippen LogP contribution >= 0.6 is 0 Å². The monoisotopic (exact) mass is 442 g/mol. The standard InChI is InChI=1S/C22H17F3N4O3/c1-32-21(31)28-11-9-18(29-19(28)8-10-26-29)14-4-3-7-17(13-14)27-20(30)15-5-2-6-16(12-15)22(23,24)25/h2-10,12-13H,11H2,1H3,(H,27,30). The van der Waals surface area contributed by atoms with Gasteiger partial charge in [-0.1, -0.05) is 18.2 Å². The number of carbonyl (C=O) groups is 2. The molecule has 2 amide bonds. The van der Waals surface area contributed by atoms with E-state index in [0.717, 1.165) is 12.1 Å². The molecular weight excluding hydrogens is 425 g/mol. The molecule has 1 aliphatic rings. The molecule has 0 unspecified atom stereocenters. The molecule has 1 N–H and O–H groups in total. The van der Waals surface area contributed by atoms with Gasteiger partial charge in [0.15, 0.2) is 0 Å². The van der Waals surface area contributed by atoms with E-state index >= 15 is 0 Å². The Labute approximate surface area is 180 Å². The second-order valence-electron chi connectivity index (χ2n) is 6.88. The summed E-state index contributed by atoms with van der Waals surface area (Å²) in [5.74, 6) is -0.143. The maximum absolute atomic E-state index is 12.9. The highest BCUT2D eigenvalue weighted by molar-refractivity contribution is 6.04. The number of alkyl halides is 3. The van der Waals surface area contributed by atoms with E-state index in [-0.39, 0.29) is 12.1 Å². The van der Waals surface area contributed by atoms with Crippen LogP contribution in [0.25, 0.3) is 5.70 Å². The Morgan fingerprint density at radius 1 is 1.09 bits per heavy atom. The Kier molecular flexibility index (Phi) is 5.43. The molecule has 7 nitrogen and oxygen atoms in total. The molecule has 2 heterocycles. The maximum Gasteiger partial charge on any atom is 0.416 e. The minimum absolute atomic E-state index is 0.106. The molecule has 3 aromatic rings. The van der Waals surface area contributed by atoms with Crippen LogP contribution in [0, 0.1) is 0 Å².